The lowest BCUT2D eigenvalue weighted by Gasteiger charge is -2.23. The van der Waals surface area contributed by atoms with Crippen LogP contribution in [0.1, 0.15) is 18.4 Å². The van der Waals surface area contributed by atoms with Crippen molar-refractivity contribution in [1.82, 2.24) is 20.0 Å². The third-order valence-corrected chi connectivity index (χ3v) is 6.07. The van der Waals surface area contributed by atoms with Crippen molar-refractivity contribution in [3.8, 4) is 5.69 Å². The van der Waals surface area contributed by atoms with E-state index in [1.807, 2.05) is 36.1 Å². The highest BCUT2D eigenvalue weighted by molar-refractivity contribution is 14.0. The molecule has 2 bridgehead atoms. The molecule has 0 amide bonds. The molecular formula is C20H26IN5O. The molecule has 0 spiro atoms. The van der Waals surface area contributed by atoms with E-state index in [-0.39, 0.29) is 24.0 Å². The summed E-state index contributed by atoms with van der Waals surface area (Å²) in [6, 6.07) is 10.2. The minimum absolute atomic E-state index is 0. The van der Waals surface area contributed by atoms with Crippen molar-refractivity contribution in [2.75, 3.05) is 20.1 Å². The molecule has 7 heteroatoms. The molecule has 1 aromatic heterocycles. The second-order valence-corrected chi connectivity index (χ2v) is 7.55. The number of rotatable bonds is 3. The van der Waals surface area contributed by atoms with Gasteiger partial charge in [-0.1, -0.05) is 18.2 Å². The first-order valence-corrected chi connectivity index (χ1v) is 9.52. The van der Waals surface area contributed by atoms with Crippen LogP contribution in [-0.4, -0.2) is 53.0 Å². The van der Waals surface area contributed by atoms with Crippen LogP contribution >= 0.6 is 24.0 Å². The number of halogens is 1. The van der Waals surface area contributed by atoms with Crippen molar-refractivity contribution < 1.29 is 4.74 Å². The van der Waals surface area contributed by atoms with Crippen LogP contribution in [-0.2, 0) is 11.3 Å². The molecule has 5 rings (SSSR count). The summed E-state index contributed by atoms with van der Waals surface area (Å²) in [6.45, 7) is 2.86. The lowest BCUT2D eigenvalue weighted by Crippen LogP contribution is -2.40. The number of likely N-dealkylation sites (tertiary alicyclic amines) is 1. The molecule has 3 aliphatic rings. The summed E-state index contributed by atoms with van der Waals surface area (Å²) in [6.07, 6.45) is 7.44. The second-order valence-electron chi connectivity index (χ2n) is 7.55. The number of fused-ring (bicyclic) bond motifs is 5. The Morgan fingerprint density at radius 3 is 2.56 bits per heavy atom. The summed E-state index contributed by atoms with van der Waals surface area (Å²) < 4.78 is 7.99. The molecule has 3 fully saturated rings. The standard InChI is InChI=1S/C20H25N5O.HI/c1-21-20(24-12-16-17(13-24)19-8-7-18(16)26-19)22-9-14-10-23-25(11-14)15-5-3-2-4-6-15;/h2-6,10-11,16-19H,7-9,12-13H2,1H3,(H,21,22);1H. The first-order valence-electron chi connectivity index (χ1n) is 9.52. The van der Waals surface area contributed by atoms with E-state index >= 15 is 0 Å². The predicted octanol–water partition coefficient (Wildman–Crippen LogP) is 2.67. The predicted molar refractivity (Wildman–Crippen MR) is 116 cm³/mol. The van der Waals surface area contributed by atoms with Gasteiger partial charge in [-0.2, -0.15) is 5.10 Å². The number of aromatic nitrogens is 2. The molecule has 144 valence electrons. The molecule has 1 aromatic carbocycles. The van der Waals surface area contributed by atoms with Crippen LogP contribution < -0.4 is 5.32 Å². The third-order valence-electron chi connectivity index (χ3n) is 6.07. The molecule has 1 N–H and O–H groups in total. The smallest absolute Gasteiger partial charge is 0.193 e. The van der Waals surface area contributed by atoms with E-state index in [0.717, 1.165) is 36.8 Å². The Hall–Kier alpha value is -1.61. The van der Waals surface area contributed by atoms with Gasteiger partial charge in [0.2, 0.25) is 0 Å². The monoisotopic (exact) mass is 479 g/mol. The second kappa shape index (κ2) is 7.79. The molecule has 6 nitrogen and oxygen atoms in total. The van der Waals surface area contributed by atoms with E-state index in [1.165, 1.54) is 12.8 Å². The SMILES string of the molecule is CN=C(NCc1cnn(-c2ccccc2)c1)N1CC2C3CCC(O3)C2C1.I. The zero-order chi connectivity index (χ0) is 17.5. The van der Waals surface area contributed by atoms with Gasteiger partial charge in [-0.05, 0) is 25.0 Å². The molecule has 0 aliphatic carbocycles. The third kappa shape index (κ3) is 3.47. The summed E-state index contributed by atoms with van der Waals surface area (Å²) in [4.78, 5) is 6.92. The maximum absolute atomic E-state index is 6.08. The number of guanidine groups is 1. The number of para-hydroxylation sites is 1. The van der Waals surface area contributed by atoms with Gasteiger partial charge in [0.1, 0.15) is 0 Å². The van der Waals surface area contributed by atoms with E-state index < -0.39 is 0 Å². The topological polar surface area (TPSA) is 54.7 Å². The van der Waals surface area contributed by atoms with Crippen LogP contribution in [0, 0.1) is 11.8 Å². The maximum atomic E-state index is 6.08. The Balaban J connectivity index is 0.00000180. The van der Waals surface area contributed by atoms with Gasteiger partial charge < -0.3 is 15.0 Å². The van der Waals surface area contributed by atoms with Crippen LogP contribution in [0.15, 0.2) is 47.7 Å². The average molecular weight is 479 g/mol. The van der Waals surface area contributed by atoms with Crippen LogP contribution in [0.3, 0.4) is 0 Å². The fourth-order valence-corrected chi connectivity index (χ4v) is 4.82. The summed E-state index contributed by atoms with van der Waals surface area (Å²) in [7, 11) is 1.87. The molecule has 27 heavy (non-hydrogen) atoms. The highest BCUT2D eigenvalue weighted by atomic mass is 127. The molecule has 4 heterocycles. The molecular weight excluding hydrogens is 453 g/mol. The van der Waals surface area contributed by atoms with Gasteiger partial charge in [0, 0.05) is 50.3 Å². The minimum atomic E-state index is 0. The van der Waals surface area contributed by atoms with Crippen LogP contribution in [0.4, 0.5) is 0 Å². The largest absolute Gasteiger partial charge is 0.374 e. The number of nitrogens with zero attached hydrogens (tertiary/aromatic N) is 4. The zero-order valence-corrected chi connectivity index (χ0v) is 17.8. The van der Waals surface area contributed by atoms with Crippen molar-refractivity contribution in [3.63, 3.8) is 0 Å². The van der Waals surface area contributed by atoms with Crippen molar-refractivity contribution in [3.05, 3.63) is 48.3 Å². The van der Waals surface area contributed by atoms with E-state index in [1.54, 1.807) is 0 Å². The van der Waals surface area contributed by atoms with Gasteiger partial charge in [-0.15, -0.1) is 24.0 Å². The Morgan fingerprint density at radius 1 is 1.19 bits per heavy atom. The molecule has 4 atom stereocenters. The average Bonchev–Trinajstić information content (AvgIpc) is 3.44. The van der Waals surface area contributed by atoms with Crippen LogP contribution in [0.25, 0.3) is 5.69 Å². The van der Waals surface area contributed by atoms with Crippen molar-refractivity contribution in [1.29, 1.82) is 0 Å². The molecule has 0 radical (unpaired) electrons. The summed E-state index contributed by atoms with van der Waals surface area (Å²) in [5.41, 5.74) is 2.23. The number of ether oxygens (including phenoxy) is 1. The van der Waals surface area contributed by atoms with Crippen molar-refractivity contribution in [2.45, 2.75) is 31.6 Å². The molecule has 3 aliphatic heterocycles. The number of benzene rings is 1. The Labute approximate surface area is 177 Å². The normalized spacial score (nSPS) is 28.9. The van der Waals surface area contributed by atoms with E-state index in [2.05, 4.69) is 38.6 Å². The summed E-state index contributed by atoms with van der Waals surface area (Å²) in [5, 5.41) is 7.98. The lowest BCUT2D eigenvalue weighted by atomic mass is 9.82. The molecule has 2 aromatic rings. The van der Waals surface area contributed by atoms with Gasteiger partial charge in [0.15, 0.2) is 5.96 Å². The lowest BCUT2D eigenvalue weighted by molar-refractivity contribution is 0.0767. The van der Waals surface area contributed by atoms with Crippen LogP contribution in [0.5, 0.6) is 0 Å². The summed E-state index contributed by atoms with van der Waals surface area (Å²) >= 11 is 0. The highest BCUT2D eigenvalue weighted by Crippen LogP contribution is 2.47. The first-order chi connectivity index (χ1) is 12.8. The fraction of sp³-hybridized carbons (Fsp3) is 0.500. The molecule has 4 unspecified atom stereocenters. The first kappa shape index (κ1) is 18.7. The van der Waals surface area contributed by atoms with E-state index in [0.29, 0.717) is 24.0 Å². The van der Waals surface area contributed by atoms with Gasteiger partial charge in [-0.25, -0.2) is 4.68 Å². The van der Waals surface area contributed by atoms with Gasteiger partial charge in [0.25, 0.3) is 0 Å². The van der Waals surface area contributed by atoms with Crippen molar-refractivity contribution in [2.24, 2.45) is 16.8 Å². The number of hydrogen-bond acceptors (Lipinski definition) is 3. The zero-order valence-electron chi connectivity index (χ0n) is 15.5. The van der Waals surface area contributed by atoms with E-state index in [9.17, 15) is 0 Å². The number of aliphatic imine (C=N–C) groups is 1. The number of hydrogen-bond donors (Lipinski definition) is 1. The van der Waals surface area contributed by atoms with Crippen LogP contribution in [0.2, 0.25) is 0 Å². The summed E-state index contributed by atoms with van der Waals surface area (Å²) in [5.74, 6) is 2.37. The van der Waals surface area contributed by atoms with Gasteiger partial charge in [-0.3, -0.25) is 4.99 Å². The van der Waals surface area contributed by atoms with E-state index in [4.69, 9.17) is 4.74 Å². The molecule has 3 saturated heterocycles. The Kier molecular flexibility index (Phi) is 5.41. The fourth-order valence-electron chi connectivity index (χ4n) is 4.82. The maximum Gasteiger partial charge on any atom is 0.193 e. The van der Waals surface area contributed by atoms with Crippen molar-refractivity contribution >= 4 is 29.9 Å². The molecule has 0 saturated carbocycles. The Bertz CT molecular complexity index is 790. The Morgan fingerprint density at radius 2 is 1.89 bits per heavy atom. The number of nitrogens with one attached hydrogen (secondary N) is 1. The minimum Gasteiger partial charge on any atom is -0.374 e. The van der Waals surface area contributed by atoms with Gasteiger partial charge in [0.05, 0.1) is 24.1 Å². The highest BCUT2D eigenvalue weighted by Gasteiger charge is 2.53. The quantitative estimate of drug-likeness (QED) is 0.418. The van der Waals surface area contributed by atoms with Gasteiger partial charge >= 0.3 is 0 Å².